The number of hydrogen-bond donors (Lipinski definition) is 2. The molecule has 0 unspecified atom stereocenters. The predicted molar refractivity (Wildman–Crippen MR) is 97.2 cm³/mol. The maximum absolute atomic E-state index is 12.2. The van der Waals surface area contributed by atoms with Crippen LogP contribution in [0.15, 0.2) is 57.2 Å². The van der Waals surface area contributed by atoms with Crippen LogP contribution in [0.25, 0.3) is 0 Å². The van der Waals surface area contributed by atoms with E-state index in [1.165, 1.54) is 18.2 Å². The maximum Gasteiger partial charge on any atom is 0.296 e. The van der Waals surface area contributed by atoms with Gasteiger partial charge in [0.05, 0.1) is 21.3 Å². The van der Waals surface area contributed by atoms with Crippen LogP contribution in [0.2, 0.25) is 0 Å². The molecule has 27 heavy (non-hydrogen) atoms. The first-order valence-corrected chi connectivity index (χ1v) is 12.0. The van der Waals surface area contributed by atoms with Gasteiger partial charge in [0.1, 0.15) is 0 Å². The normalized spacial score (nSPS) is 12.9. The zero-order valence-corrected chi connectivity index (χ0v) is 16.6. The van der Waals surface area contributed by atoms with Crippen LogP contribution in [0.4, 0.5) is 0 Å². The van der Waals surface area contributed by atoms with Gasteiger partial charge in [-0.3, -0.25) is 4.18 Å². The van der Waals surface area contributed by atoms with E-state index in [1.54, 1.807) is 19.1 Å². The fourth-order valence-electron chi connectivity index (χ4n) is 2.35. The summed E-state index contributed by atoms with van der Waals surface area (Å²) < 4.78 is 76.2. The van der Waals surface area contributed by atoms with Crippen molar-refractivity contribution in [1.29, 1.82) is 0 Å². The molecule has 2 rings (SSSR count). The van der Waals surface area contributed by atoms with E-state index in [1.807, 2.05) is 0 Å². The Morgan fingerprint density at radius 3 is 1.74 bits per heavy atom. The third kappa shape index (κ3) is 5.34. The van der Waals surface area contributed by atoms with Gasteiger partial charge in [-0.15, -0.1) is 0 Å². The zero-order valence-electron chi connectivity index (χ0n) is 14.2. The molecule has 0 spiro atoms. The molecular formula is C15H18N2O7S3. The topological polar surface area (TPSA) is 164 Å². The van der Waals surface area contributed by atoms with Gasteiger partial charge in [0, 0.05) is 0 Å². The lowest BCUT2D eigenvalue weighted by molar-refractivity contribution is 0.320. The lowest BCUT2D eigenvalue weighted by Gasteiger charge is -2.12. The molecule has 2 aromatic rings. The Labute approximate surface area is 158 Å². The lowest BCUT2D eigenvalue weighted by Crippen LogP contribution is -2.21. The maximum atomic E-state index is 12.2. The van der Waals surface area contributed by atoms with Crippen molar-refractivity contribution >= 4 is 30.2 Å². The quantitative estimate of drug-likeness (QED) is 0.589. The van der Waals surface area contributed by atoms with Crippen LogP contribution in [-0.2, 0) is 40.8 Å². The smallest absolute Gasteiger partial charge is 0.266 e. The summed E-state index contributed by atoms with van der Waals surface area (Å²) in [6.45, 7) is 1.28. The van der Waals surface area contributed by atoms with Gasteiger partial charge in [-0.25, -0.2) is 27.1 Å². The van der Waals surface area contributed by atoms with Crippen molar-refractivity contribution in [3.63, 3.8) is 0 Å². The number of aryl methyl sites for hydroxylation is 1. The second kappa shape index (κ2) is 7.66. The van der Waals surface area contributed by atoms with Gasteiger partial charge in [-0.2, -0.15) is 8.42 Å². The molecule has 9 nitrogen and oxygen atoms in total. The summed E-state index contributed by atoms with van der Waals surface area (Å²) in [5.41, 5.74) is 0.621. The van der Waals surface area contributed by atoms with Gasteiger partial charge in [0.15, 0.2) is 0 Å². The summed E-state index contributed by atoms with van der Waals surface area (Å²) in [7, 11) is -12.6. The van der Waals surface area contributed by atoms with Gasteiger partial charge in [0.2, 0.25) is 20.0 Å². The van der Waals surface area contributed by atoms with Crippen LogP contribution < -0.4 is 10.3 Å². The average Bonchev–Trinajstić information content (AvgIpc) is 2.53. The van der Waals surface area contributed by atoms with E-state index in [0.717, 1.165) is 17.7 Å². The van der Waals surface area contributed by atoms with Crippen LogP contribution in [-0.4, -0.2) is 31.9 Å². The number of rotatable bonds is 7. The summed E-state index contributed by atoms with van der Waals surface area (Å²) in [5.74, 6) is 0. The van der Waals surface area contributed by atoms with Crippen molar-refractivity contribution in [3.8, 4) is 0 Å². The molecule has 0 fully saturated rings. The third-order valence-corrected chi connectivity index (χ3v) is 6.92. The summed E-state index contributed by atoms with van der Waals surface area (Å²) in [6, 6.07) is 9.28. The minimum atomic E-state index is -4.26. The second-order valence-corrected chi connectivity index (χ2v) is 10.3. The molecule has 0 aromatic heterocycles. The van der Waals surface area contributed by atoms with Gasteiger partial charge < -0.3 is 0 Å². The highest BCUT2D eigenvalue weighted by atomic mass is 32.2. The highest BCUT2D eigenvalue weighted by molar-refractivity contribution is 7.90. The van der Waals surface area contributed by atoms with Crippen LogP contribution in [0.1, 0.15) is 11.1 Å². The molecule has 0 bridgehead atoms. The summed E-state index contributed by atoms with van der Waals surface area (Å²) >= 11 is 0. The number of primary sulfonamides is 2. The summed E-state index contributed by atoms with van der Waals surface area (Å²) in [5, 5.41) is 10.2. The Morgan fingerprint density at radius 1 is 0.815 bits per heavy atom. The monoisotopic (exact) mass is 434 g/mol. The minimum absolute atomic E-state index is 0.0838. The first-order chi connectivity index (χ1) is 12.3. The summed E-state index contributed by atoms with van der Waals surface area (Å²) in [4.78, 5) is -1.02. The SMILES string of the molecule is Cc1ccc(S(=O)(=O)OCCc2c(S(N)(=O)=O)cccc2S(N)(=O)=O)cc1. The van der Waals surface area contributed by atoms with Crippen LogP contribution in [0, 0.1) is 6.92 Å². The lowest BCUT2D eigenvalue weighted by atomic mass is 10.1. The van der Waals surface area contributed by atoms with Crippen molar-refractivity contribution in [2.75, 3.05) is 6.61 Å². The Bertz CT molecular complexity index is 1100. The van der Waals surface area contributed by atoms with Crippen LogP contribution in [0.5, 0.6) is 0 Å². The molecule has 0 aliphatic rings. The fourth-order valence-corrected chi connectivity index (χ4v) is 4.97. The minimum Gasteiger partial charge on any atom is -0.266 e. The van der Waals surface area contributed by atoms with Gasteiger partial charge in [-0.1, -0.05) is 23.8 Å². The first kappa shape index (κ1) is 21.5. The Kier molecular flexibility index (Phi) is 6.09. The molecule has 2 aromatic carbocycles. The molecule has 0 atom stereocenters. The van der Waals surface area contributed by atoms with E-state index in [2.05, 4.69) is 0 Å². The van der Waals surface area contributed by atoms with Crippen LogP contribution in [0.3, 0.4) is 0 Å². The number of benzene rings is 2. The van der Waals surface area contributed by atoms with Crippen molar-refractivity contribution in [3.05, 3.63) is 53.6 Å². The molecule has 0 radical (unpaired) electrons. The first-order valence-electron chi connectivity index (χ1n) is 7.46. The molecule has 0 heterocycles. The Hall–Kier alpha value is -1.83. The molecule has 0 aliphatic heterocycles. The van der Waals surface area contributed by atoms with Gasteiger partial charge in [0.25, 0.3) is 10.1 Å². The molecule has 12 heteroatoms. The summed E-state index contributed by atoms with van der Waals surface area (Å²) in [6.07, 6.45) is -0.358. The van der Waals surface area contributed by atoms with Gasteiger partial charge >= 0.3 is 0 Å². The molecule has 0 aliphatic carbocycles. The average molecular weight is 435 g/mol. The largest absolute Gasteiger partial charge is 0.296 e. The van der Waals surface area contributed by atoms with Crippen molar-refractivity contribution in [1.82, 2.24) is 0 Å². The Morgan fingerprint density at radius 2 is 1.30 bits per heavy atom. The third-order valence-electron chi connectivity index (χ3n) is 3.60. The predicted octanol–water partition coefficient (Wildman–Crippen LogP) is 0.238. The standard InChI is InChI=1S/C15H18N2O7S3/c1-11-5-7-12(8-6-11)27(22,23)24-10-9-13-14(25(16,18)19)3-2-4-15(13)26(17,20)21/h2-8H,9-10H2,1H3,(H2,16,18,19)(H2,17,20,21). The number of nitrogens with two attached hydrogens (primary N) is 2. The molecule has 0 saturated carbocycles. The van der Waals surface area contributed by atoms with Gasteiger partial charge in [-0.05, 0) is 43.2 Å². The highest BCUT2D eigenvalue weighted by Crippen LogP contribution is 2.23. The molecule has 4 N–H and O–H groups in total. The van der Waals surface area contributed by atoms with Crippen LogP contribution >= 0.6 is 0 Å². The van der Waals surface area contributed by atoms with E-state index in [9.17, 15) is 25.3 Å². The second-order valence-electron chi connectivity index (χ2n) is 5.66. The molecule has 0 amide bonds. The van der Waals surface area contributed by atoms with E-state index in [0.29, 0.717) is 0 Å². The molecular weight excluding hydrogens is 416 g/mol. The van der Waals surface area contributed by atoms with E-state index >= 15 is 0 Å². The van der Waals surface area contributed by atoms with E-state index in [4.69, 9.17) is 14.5 Å². The molecule has 148 valence electrons. The fraction of sp³-hybridized carbons (Fsp3) is 0.200. The Balaban J connectivity index is 2.33. The number of sulfonamides is 2. The number of hydrogen-bond acceptors (Lipinski definition) is 7. The zero-order chi connectivity index (χ0) is 20.5. The molecule has 0 saturated heterocycles. The van der Waals surface area contributed by atoms with Crippen molar-refractivity contribution in [2.45, 2.75) is 28.0 Å². The van der Waals surface area contributed by atoms with E-state index in [-0.39, 0.29) is 16.9 Å². The van der Waals surface area contributed by atoms with E-state index < -0.39 is 46.6 Å². The van der Waals surface area contributed by atoms with Crippen molar-refractivity contribution < 1.29 is 29.4 Å². The van der Waals surface area contributed by atoms with Crippen molar-refractivity contribution in [2.24, 2.45) is 10.3 Å². The highest BCUT2D eigenvalue weighted by Gasteiger charge is 2.23.